The Morgan fingerprint density at radius 2 is 1.67 bits per heavy atom. The number of ether oxygens (including phenoxy) is 3. The molecule has 3 aliphatic rings. The van der Waals surface area contributed by atoms with E-state index in [2.05, 4.69) is 21.3 Å². The number of hydrogen-bond donors (Lipinski definition) is 4. The molecule has 0 bridgehead atoms. The first-order valence-electron chi connectivity index (χ1n) is 19.4. The van der Waals surface area contributed by atoms with Crippen molar-refractivity contribution in [2.75, 3.05) is 40.4 Å². The minimum atomic E-state index is -1.27. The second-order valence-electron chi connectivity index (χ2n) is 15.4. The van der Waals surface area contributed by atoms with Gasteiger partial charge in [-0.1, -0.05) is 76.8 Å². The Hall–Kier alpha value is -4.57. The van der Waals surface area contributed by atoms with E-state index in [1.54, 1.807) is 51.4 Å². The van der Waals surface area contributed by atoms with E-state index in [1.807, 2.05) is 20.8 Å². The number of nitrogens with zero attached hydrogens (tertiary/aromatic N) is 2. The van der Waals surface area contributed by atoms with Gasteiger partial charge in [-0.3, -0.25) is 28.8 Å². The second-order valence-corrected chi connectivity index (χ2v) is 15.4. The van der Waals surface area contributed by atoms with Crippen LogP contribution in [0.1, 0.15) is 90.7 Å². The standard InChI is InChI=1S/C39H58N6O10/c1-7-14-28(33(47)35(49)40-20-30(46)42-31(36(50)44(5)6)26-15-10-8-11-16-26)41-34(48)29-19-39(54-22-25(4)55-39)23-45(29)37(51)32(27-17-12-9-13-18-27)43-38(52)53-21-24(2)3/h8,10-11,15-16,24-25,27-29,31-32H,7,9,12-14,17-23H2,1-6H3,(H,40,49)(H,41,48)(H,42,46)(H,43,52)/t25-,28?,29-,31?,32?,39?/m0/s1. The summed E-state index contributed by atoms with van der Waals surface area (Å²) >= 11 is 0. The maximum absolute atomic E-state index is 14.5. The highest BCUT2D eigenvalue weighted by atomic mass is 16.7. The molecule has 0 aromatic heterocycles. The molecule has 4 unspecified atom stereocenters. The van der Waals surface area contributed by atoms with Gasteiger partial charge in [0.2, 0.25) is 29.4 Å². The molecule has 2 saturated heterocycles. The SMILES string of the molecule is CCCC(NC(=O)[C@@H]1CC2(CN1C(=O)C(NC(=O)OCC(C)C)C1CCCCC1)OC[C@H](C)O2)C(=O)C(=O)NCC(=O)NC(C(=O)N(C)C)c1ccccc1. The van der Waals surface area contributed by atoms with Crippen LogP contribution in [0.2, 0.25) is 0 Å². The fourth-order valence-electron chi connectivity index (χ4n) is 7.27. The fourth-order valence-corrected chi connectivity index (χ4v) is 7.27. The van der Waals surface area contributed by atoms with E-state index in [9.17, 15) is 33.6 Å². The molecule has 1 aromatic rings. The zero-order valence-electron chi connectivity index (χ0n) is 32.9. The van der Waals surface area contributed by atoms with Crippen LogP contribution >= 0.6 is 0 Å². The van der Waals surface area contributed by atoms with Crippen LogP contribution in [0.4, 0.5) is 4.79 Å². The summed E-state index contributed by atoms with van der Waals surface area (Å²) < 4.78 is 17.5. The summed E-state index contributed by atoms with van der Waals surface area (Å²) in [5.74, 6) is -5.71. The van der Waals surface area contributed by atoms with Crippen molar-refractivity contribution in [3.63, 3.8) is 0 Å². The lowest BCUT2D eigenvalue weighted by Crippen LogP contribution is -2.58. The molecule has 2 heterocycles. The molecule has 1 saturated carbocycles. The predicted molar refractivity (Wildman–Crippen MR) is 200 cm³/mol. The van der Waals surface area contributed by atoms with Gasteiger partial charge in [-0.15, -0.1) is 0 Å². The van der Waals surface area contributed by atoms with Gasteiger partial charge in [0.1, 0.15) is 18.1 Å². The third kappa shape index (κ3) is 11.7. The number of amides is 6. The zero-order valence-corrected chi connectivity index (χ0v) is 32.9. The molecular formula is C39H58N6O10. The summed E-state index contributed by atoms with van der Waals surface area (Å²) in [4.78, 5) is 96.5. The molecule has 1 aromatic carbocycles. The molecule has 4 N–H and O–H groups in total. The quantitative estimate of drug-likeness (QED) is 0.180. The van der Waals surface area contributed by atoms with Crippen molar-refractivity contribution >= 4 is 41.4 Å². The normalized spacial score (nSPS) is 22.7. The minimum absolute atomic E-state index is 0.0300. The molecule has 1 spiro atoms. The first kappa shape index (κ1) is 43.2. The van der Waals surface area contributed by atoms with Crippen molar-refractivity contribution in [1.82, 2.24) is 31.1 Å². The molecule has 16 heteroatoms. The molecule has 16 nitrogen and oxygen atoms in total. The summed E-state index contributed by atoms with van der Waals surface area (Å²) in [5, 5.41) is 10.4. The van der Waals surface area contributed by atoms with Gasteiger partial charge in [0.15, 0.2) is 5.79 Å². The molecule has 55 heavy (non-hydrogen) atoms. The van der Waals surface area contributed by atoms with Crippen molar-refractivity contribution in [1.29, 1.82) is 0 Å². The second kappa shape index (κ2) is 19.8. The number of likely N-dealkylation sites (tertiary alicyclic amines) is 1. The number of Topliss-reactive ketones (excluding diaryl/α,β-unsaturated/α-hetero) is 1. The Morgan fingerprint density at radius 1 is 0.982 bits per heavy atom. The van der Waals surface area contributed by atoms with Gasteiger partial charge < -0.3 is 45.3 Å². The van der Waals surface area contributed by atoms with Gasteiger partial charge in [-0.05, 0) is 43.6 Å². The highest BCUT2D eigenvalue weighted by Crippen LogP contribution is 2.38. The van der Waals surface area contributed by atoms with Crippen LogP contribution in [0, 0.1) is 11.8 Å². The zero-order chi connectivity index (χ0) is 40.3. The van der Waals surface area contributed by atoms with Crippen LogP contribution in [0.5, 0.6) is 0 Å². The molecule has 0 radical (unpaired) electrons. The maximum Gasteiger partial charge on any atom is 0.407 e. The Kier molecular flexibility index (Phi) is 15.6. The van der Waals surface area contributed by atoms with Crippen LogP contribution in [-0.4, -0.2) is 122 Å². The van der Waals surface area contributed by atoms with Gasteiger partial charge in [0, 0.05) is 20.5 Å². The van der Waals surface area contributed by atoms with Crippen LogP contribution < -0.4 is 21.3 Å². The average Bonchev–Trinajstić information content (AvgIpc) is 3.74. The number of nitrogens with one attached hydrogen (secondary N) is 4. The Bertz CT molecular complexity index is 1530. The minimum Gasteiger partial charge on any atom is -0.449 e. The smallest absolute Gasteiger partial charge is 0.407 e. The van der Waals surface area contributed by atoms with Crippen LogP contribution in [-0.2, 0) is 43.0 Å². The number of likely N-dealkylation sites (N-methyl/N-ethyl adjacent to an activating group) is 1. The van der Waals surface area contributed by atoms with E-state index in [0.29, 0.717) is 24.8 Å². The Labute approximate surface area is 323 Å². The predicted octanol–water partition coefficient (Wildman–Crippen LogP) is 1.97. The fraction of sp³-hybridized carbons (Fsp3) is 0.667. The van der Waals surface area contributed by atoms with Crippen molar-refractivity contribution in [3.8, 4) is 0 Å². The Morgan fingerprint density at radius 3 is 2.27 bits per heavy atom. The number of carbonyl (C=O) groups is 7. The van der Waals surface area contributed by atoms with Crippen molar-refractivity contribution in [3.05, 3.63) is 35.9 Å². The first-order chi connectivity index (χ1) is 26.1. The summed E-state index contributed by atoms with van der Waals surface area (Å²) in [6.45, 7) is 7.15. The molecule has 2 aliphatic heterocycles. The highest BCUT2D eigenvalue weighted by molar-refractivity contribution is 6.38. The van der Waals surface area contributed by atoms with Crippen LogP contribution in [0.15, 0.2) is 30.3 Å². The van der Waals surface area contributed by atoms with E-state index in [4.69, 9.17) is 14.2 Å². The molecule has 6 atom stereocenters. The van der Waals surface area contributed by atoms with Crippen molar-refractivity contribution in [2.24, 2.45) is 11.8 Å². The number of alkyl carbamates (subject to hydrolysis) is 1. The molecule has 3 fully saturated rings. The third-order valence-electron chi connectivity index (χ3n) is 10.1. The van der Waals surface area contributed by atoms with E-state index >= 15 is 0 Å². The summed E-state index contributed by atoms with van der Waals surface area (Å²) in [6.07, 6.45) is 3.69. The number of carbonyl (C=O) groups excluding carboxylic acids is 7. The summed E-state index contributed by atoms with van der Waals surface area (Å²) in [6, 6.07) is 4.20. The van der Waals surface area contributed by atoms with Gasteiger partial charge >= 0.3 is 6.09 Å². The largest absolute Gasteiger partial charge is 0.449 e. The Balaban J connectivity index is 1.47. The summed E-state index contributed by atoms with van der Waals surface area (Å²) in [5.41, 5.74) is 0.540. The topological polar surface area (TPSA) is 202 Å². The number of benzene rings is 1. The first-order valence-corrected chi connectivity index (χ1v) is 19.4. The highest BCUT2D eigenvalue weighted by Gasteiger charge is 2.55. The van der Waals surface area contributed by atoms with Gasteiger partial charge in [0.05, 0.1) is 38.4 Å². The van der Waals surface area contributed by atoms with E-state index in [0.717, 1.165) is 19.3 Å². The van der Waals surface area contributed by atoms with Crippen molar-refractivity contribution < 1.29 is 47.8 Å². The lowest BCUT2D eigenvalue weighted by molar-refractivity contribution is -0.160. The molecular weight excluding hydrogens is 712 g/mol. The van der Waals surface area contributed by atoms with Crippen molar-refractivity contribution in [2.45, 2.75) is 115 Å². The maximum atomic E-state index is 14.5. The third-order valence-corrected chi connectivity index (χ3v) is 10.1. The summed E-state index contributed by atoms with van der Waals surface area (Å²) in [7, 11) is 3.11. The molecule has 4 rings (SSSR count). The van der Waals surface area contributed by atoms with Gasteiger partial charge in [-0.2, -0.15) is 0 Å². The molecule has 304 valence electrons. The lowest BCUT2D eigenvalue weighted by Gasteiger charge is -2.34. The molecule has 1 aliphatic carbocycles. The number of hydrogen-bond acceptors (Lipinski definition) is 10. The van der Waals surface area contributed by atoms with Gasteiger partial charge in [-0.25, -0.2) is 4.79 Å². The number of ketones is 1. The average molecular weight is 771 g/mol. The monoisotopic (exact) mass is 770 g/mol. The lowest BCUT2D eigenvalue weighted by atomic mass is 9.83. The number of rotatable bonds is 16. The van der Waals surface area contributed by atoms with E-state index in [1.165, 1.54) is 9.80 Å². The molecule has 6 amide bonds. The van der Waals surface area contributed by atoms with E-state index in [-0.39, 0.29) is 56.4 Å². The van der Waals surface area contributed by atoms with Crippen LogP contribution in [0.3, 0.4) is 0 Å². The van der Waals surface area contributed by atoms with Gasteiger partial charge in [0.25, 0.3) is 5.91 Å². The van der Waals surface area contributed by atoms with Crippen LogP contribution in [0.25, 0.3) is 0 Å². The van der Waals surface area contributed by atoms with E-state index < -0.39 is 72.0 Å².